The number of ether oxygens (including phenoxy) is 1. The van der Waals surface area contributed by atoms with Crippen molar-refractivity contribution in [2.24, 2.45) is 0 Å². The maximum atomic E-state index is 12.6. The largest absolute Gasteiger partial charge is 0.483 e. The van der Waals surface area contributed by atoms with E-state index >= 15 is 0 Å². The molecule has 0 radical (unpaired) electrons. The number of alkyl halides is 2. The summed E-state index contributed by atoms with van der Waals surface area (Å²) < 4.78 is 31.4. The van der Waals surface area contributed by atoms with Crippen molar-refractivity contribution in [2.75, 3.05) is 19.7 Å². The van der Waals surface area contributed by atoms with Gasteiger partial charge >= 0.3 is 0 Å². The third kappa shape index (κ3) is 2.98. The standard InChI is InChI=1S/C12H12BrF2NO2/c1-8-4-9(13)2-3-10(8)18-5-11(17)16-6-12(14,15)7-16/h2-4H,5-7H2,1H3. The predicted octanol–water partition coefficient (Wildman–Crippen LogP) is 2.61. The van der Waals surface area contributed by atoms with E-state index < -0.39 is 24.9 Å². The summed E-state index contributed by atoms with van der Waals surface area (Å²) in [6.07, 6.45) is 0. The average Bonchev–Trinajstić information content (AvgIpc) is 2.24. The zero-order valence-corrected chi connectivity index (χ0v) is 11.3. The van der Waals surface area contributed by atoms with Gasteiger partial charge in [0.15, 0.2) is 6.61 Å². The first-order chi connectivity index (χ1) is 8.37. The molecule has 0 N–H and O–H groups in total. The molecule has 1 aliphatic rings. The fourth-order valence-electron chi connectivity index (χ4n) is 1.69. The molecule has 0 atom stereocenters. The zero-order valence-electron chi connectivity index (χ0n) is 9.75. The topological polar surface area (TPSA) is 29.5 Å². The molecule has 6 heteroatoms. The summed E-state index contributed by atoms with van der Waals surface area (Å²) >= 11 is 3.32. The second-order valence-electron chi connectivity index (χ2n) is 4.30. The van der Waals surface area contributed by atoms with Crippen LogP contribution in [0.2, 0.25) is 0 Å². The molecule has 1 heterocycles. The van der Waals surface area contributed by atoms with Crippen LogP contribution >= 0.6 is 15.9 Å². The van der Waals surface area contributed by atoms with Gasteiger partial charge in [0.1, 0.15) is 5.75 Å². The Labute approximate surface area is 112 Å². The van der Waals surface area contributed by atoms with Crippen LogP contribution in [-0.4, -0.2) is 36.4 Å². The molecule has 98 valence electrons. The summed E-state index contributed by atoms with van der Waals surface area (Å²) in [6.45, 7) is 0.629. The van der Waals surface area contributed by atoms with Crippen molar-refractivity contribution >= 4 is 21.8 Å². The summed E-state index contributed by atoms with van der Waals surface area (Å²) in [4.78, 5) is 12.6. The molecule has 1 fully saturated rings. The molecule has 1 aliphatic heterocycles. The molecule has 1 saturated heterocycles. The molecule has 0 unspecified atom stereocenters. The smallest absolute Gasteiger partial charge is 0.282 e. The first kappa shape index (κ1) is 13.3. The van der Waals surface area contributed by atoms with Crippen LogP contribution in [0, 0.1) is 6.92 Å². The number of likely N-dealkylation sites (tertiary alicyclic amines) is 1. The SMILES string of the molecule is Cc1cc(Br)ccc1OCC(=O)N1CC(F)(F)C1. The average molecular weight is 320 g/mol. The molecule has 0 spiro atoms. The first-order valence-corrected chi connectivity index (χ1v) is 6.21. The van der Waals surface area contributed by atoms with Gasteiger partial charge in [-0.3, -0.25) is 4.79 Å². The second kappa shape index (κ2) is 4.84. The molecule has 1 aromatic carbocycles. The van der Waals surface area contributed by atoms with Crippen molar-refractivity contribution in [3.8, 4) is 5.75 Å². The van der Waals surface area contributed by atoms with Gasteiger partial charge in [-0.1, -0.05) is 15.9 Å². The normalized spacial score (nSPS) is 17.2. The Kier molecular flexibility index (Phi) is 3.56. The van der Waals surface area contributed by atoms with Gasteiger partial charge < -0.3 is 9.64 Å². The first-order valence-electron chi connectivity index (χ1n) is 5.42. The second-order valence-corrected chi connectivity index (χ2v) is 5.22. The van der Waals surface area contributed by atoms with Crippen LogP contribution < -0.4 is 4.74 Å². The summed E-state index contributed by atoms with van der Waals surface area (Å²) in [5.41, 5.74) is 0.881. The molecule has 0 aliphatic carbocycles. The van der Waals surface area contributed by atoms with Crippen LogP contribution in [0.1, 0.15) is 5.56 Å². The fraction of sp³-hybridized carbons (Fsp3) is 0.417. The van der Waals surface area contributed by atoms with E-state index in [1.807, 2.05) is 13.0 Å². The van der Waals surface area contributed by atoms with Crippen molar-refractivity contribution in [2.45, 2.75) is 12.8 Å². The van der Waals surface area contributed by atoms with Gasteiger partial charge in [-0.05, 0) is 30.7 Å². The Morgan fingerprint density at radius 3 is 2.72 bits per heavy atom. The molecule has 0 aromatic heterocycles. The van der Waals surface area contributed by atoms with E-state index in [-0.39, 0.29) is 6.61 Å². The Bertz CT molecular complexity index is 471. The Morgan fingerprint density at radius 2 is 2.17 bits per heavy atom. The van der Waals surface area contributed by atoms with Crippen LogP contribution in [0.25, 0.3) is 0 Å². The zero-order chi connectivity index (χ0) is 13.3. The number of hydrogen-bond donors (Lipinski definition) is 0. The van der Waals surface area contributed by atoms with Gasteiger partial charge in [0.25, 0.3) is 11.8 Å². The number of benzene rings is 1. The Balaban J connectivity index is 1.86. The van der Waals surface area contributed by atoms with Gasteiger partial charge in [-0.15, -0.1) is 0 Å². The molecule has 1 aromatic rings. The van der Waals surface area contributed by atoms with E-state index in [4.69, 9.17) is 4.74 Å². The number of amides is 1. The number of aryl methyl sites for hydroxylation is 1. The third-order valence-corrected chi connectivity index (χ3v) is 3.18. The number of halogens is 3. The van der Waals surface area contributed by atoms with Crippen LogP contribution in [0.15, 0.2) is 22.7 Å². The van der Waals surface area contributed by atoms with Crippen molar-refractivity contribution in [1.82, 2.24) is 4.90 Å². The van der Waals surface area contributed by atoms with Gasteiger partial charge in [0, 0.05) is 4.47 Å². The number of nitrogens with zero attached hydrogens (tertiary/aromatic N) is 1. The minimum Gasteiger partial charge on any atom is -0.483 e. The van der Waals surface area contributed by atoms with E-state index in [2.05, 4.69) is 15.9 Å². The highest BCUT2D eigenvalue weighted by Gasteiger charge is 2.46. The summed E-state index contributed by atoms with van der Waals surface area (Å²) in [7, 11) is 0. The summed E-state index contributed by atoms with van der Waals surface area (Å²) in [5.74, 6) is -2.56. The van der Waals surface area contributed by atoms with Crippen molar-refractivity contribution < 1.29 is 18.3 Å². The van der Waals surface area contributed by atoms with E-state index in [0.717, 1.165) is 14.9 Å². The molecule has 0 bridgehead atoms. The number of hydrogen-bond acceptors (Lipinski definition) is 2. The highest BCUT2D eigenvalue weighted by molar-refractivity contribution is 9.10. The minimum atomic E-state index is -2.73. The van der Waals surface area contributed by atoms with Crippen LogP contribution in [-0.2, 0) is 4.79 Å². The van der Waals surface area contributed by atoms with Crippen molar-refractivity contribution in [3.63, 3.8) is 0 Å². The maximum Gasteiger partial charge on any atom is 0.282 e. The molecule has 0 saturated carbocycles. The molecular formula is C12H12BrF2NO2. The third-order valence-electron chi connectivity index (χ3n) is 2.69. The van der Waals surface area contributed by atoms with Crippen molar-refractivity contribution in [1.29, 1.82) is 0 Å². The van der Waals surface area contributed by atoms with Crippen LogP contribution in [0.5, 0.6) is 5.75 Å². The lowest BCUT2D eigenvalue weighted by molar-refractivity contribution is -0.167. The van der Waals surface area contributed by atoms with E-state index in [0.29, 0.717) is 5.75 Å². The van der Waals surface area contributed by atoms with Crippen LogP contribution in [0.3, 0.4) is 0 Å². The fourth-order valence-corrected chi connectivity index (χ4v) is 2.17. The Hall–Kier alpha value is -1.17. The lowest BCUT2D eigenvalue weighted by Gasteiger charge is -2.38. The van der Waals surface area contributed by atoms with Gasteiger partial charge in [0.05, 0.1) is 13.1 Å². The summed E-state index contributed by atoms with van der Waals surface area (Å²) in [5, 5.41) is 0. The highest BCUT2D eigenvalue weighted by atomic mass is 79.9. The molecule has 3 nitrogen and oxygen atoms in total. The molecule has 2 rings (SSSR count). The summed E-state index contributed by atoms with van der Waals surface area (Å²) in [6, 6.07) is 5.39. The van der Waals surface area contributed by atoms with Gasteiger partial charge in [-0.25, -0.2) is 8.78 Å². The monoisotopic (exact) mass is 319 g/mol. The Morgan fingerprint density at radius 1 is 1.50 bits per heavy atom. The predicted molar refractivity (Wildman–Crippen MR) is 65.9 cm³/mol. The van der Waals surface area contributed by atoms with Crippen LogP contribution in [0.4, 0.5) is 8.78 Å². The molecule has 1 amide bonds. The molecule has 18 heavy (non-hydrogen) atoms. The quantitative estimate of drug-likeness (QED) is 0.857. The van der Waals surface area contributed by atoms with Crippen molar-refractivity contribution in [3.05, 3.63) is 28.2 Å². The van der Waals surface area contributed by atoms with Gasteiger partial charge in [-0.2, -0.15) is 0 Å². The lowest BCUT2D eigenvalue weighted by atomic mass is 10.1. The lowest BCUT2D eigenvalue weighted by Crippen LogP contribution is -2.59. The highest BCUT2D eigenvalue weighted by Crippen LogP contribution is 2.27. The molecular weight excluding hydrogens is 308 g/mol. The minimum absolute atomic E-state index is 0.210. The number of carbonyl (C=O) groups is 1. The van der Waals surface area contributed by atoms with E-state index in [1.165, 1.54) is 0 Å². The number of carbonyl (C=O) groups excluding carboxylic acids is 1. The van der Waals surface area contributed by atoms with Gasteiger partial charge in [0.2, 0.25) is 0 Å². The van der Waals surface area contributed by atoms with E-state index in [1.54, 1.807) is 12.1 Å². The maximum absolute atomic E-state index is 12.6. The van der Waals surface area contributed by atoms with E-state index in [9.17, 15) is 13.6 Å². The number of rotatable bonds is 3.